The summed E-state index contributed by atoms with van der Waals surface area (Å²) in [6.07, 6.45) is 1.58. The number of methoxy groups -OCH3 is 2. The fraction of sp³-hybridized carbons (Fsp3) is 0.231. The van der Waals surface area contributed by atoms with Crippen molar-refractivity contribution in [2.24, 2.45) is 0 Å². The van der Waals surface area contributed by atoms with Crippen LogP contribution in [0.3, 0.4) is 0 Å². The van der Waals surface area contributed by atoms with Crippen LogP contribution < -0.4 is 19.1 Å². The van der Waals surface area contributed by atoms with Gasteiger partial charge in [0.2, 0.25) is 0 Å². The first-order valence-electron chi connectivity index (χ1n) is 10.5. The molecule has 0 saturated heterocycles. The van der Waals surface area contributed by atoms with Gasteiger partial charge in [0, 0.05) is 23.2 Å². The van der Waals surface area contributed by atoms with Crippen molar-refractivity contribution in [2.75, 3.05) is 19.1 Å². The Bertz CT molecular complexity index is 1230. The van der Waals surface area contributed by atoms with Gasteiger partial charge >= 0.3 is 0 Å². The summed E-state index contributed by atoms with van der Waals surface area (Å²) in [6.45, 7) is 6.36. The second kappa shape index (κ2) is 9.14. The SMILES string of the molecule is COc1cc2ncnc(N(c3ccc(Oc4ccccc4)cc3C)C(C)C)c2cc1OC. The minimum absolute atomic E-state index is 0.154. The topological polar surface area (TPSA) is 56.7 Å². The Balaban J connectivity index is 1.78. The lowest BCUT2D eigenvalue weighted by molar-refractivity contribution is 0.356. The van der Waals surface area contributed by atoms with Crippen LogP contribution in [0, 0.1) is 6.92 Å². The van der Waals surface area contributed by atoms with E-state index in [4.69, 9.17) is 14.2 Å². The van der Waals surface area contributed by atoms with Crippen molar-refractivity contribution in [1.29, 1.82) is 0 Å². The largest absolute Gasteiger partial charge is 0.493 e. The molecule has 0 fully saturated rings. The molecule has 0 aliphatic heterocycles. The molecular weight excluding hydrogens is 402 g/mol. The molecule has 0 amide bonds. The van der Waals surface area contributed by atoms with E-state index in [1.54, 1.807) is 20.5 Å². The molecule has 164 valence electrons. The van der Waals surface area contributed by atoms with E-state index < -0.39 is 0 Å². The first kappa shape index (κ1) is 21.4. The molecule has 0 bridgehead atoms. The third-order valence-electron chi connectivity index (χ3n) is 5.27. The summed E-state index contributed by atoms with van der Waals surface area (Å²) in [7, 11) is 3.25. The van der Waals surface area contributed by atoms with Crippen LogP contribution in [0.5, 0.6) is 23.0 Å². The van der Waals surface area contributed by atoms with E-state index >= 15 is 0 Å². The molecule has 32 heavy (non-hydrogen) atoms. The van der Waals surface area contributed by atoms with Crippen molar-refractivity contribution < 1.29 is 14.2 Å². The highest BCUT2D eigenvalue weighted by molar-refractivity contribution is 5.94. The number of aromatic nitrogens is 2. The average molecular weight is 430 g/mol. The third-order valence-corrected chi connectivity index (χ3v) is 5.27. The van der Waals surface area contributed by atoms with E-state index in [2.05, 4.69) is 41.7 Å². The molecule has 0 aliphatic carbocycles. The van der Waals surface area contributed by atoms with E-state index in [1.807, 2.05) is 54.6 Å². The predicted octanol–water partition coefficient (Wildman–Crippen LogP) is 6.29. The highest BCUT2D eigenvalue weighted by Gasteiger charge is 2.21. The maximum atomic E-state index is 6.01. The summed E-state index contributed by atoms with van der Waals surface area (Å²) < 4.78 is 17.0. The normalized spacial score (nSPS) is 10.9. The van der Waals surface area contributed by atoms with Crippen LogP contribution in [0.15, 0.2) is 67.0 Å². The maximum absolute atomic E-state index is 6.01. The molecule has 0 saturated carbocycles. The second-order valence-corrected chi connectivity index (χ2v) is 7.75. The molecule has 1 heterocycles. The molecular formula is C26H27N3O3. The van der Waals surface area contributed by atoms with Crippen LogP contribution in [-0.2, 0) is 0 Å². The van der Waals surface area contributed by atoms with E-state index in [1.165, 1.54) is 0 Å². The minimum atomic E-state index is 0.154. The molecule has 4 rings (SSSR count). The number of fused-ring (bicyclic) bond motifs is 1. The van der Waals surface area contributed by atoms with Gasteiger partial charge in [0.1, 0.15) is 23.6 Å². The zero-order valence-electron chi connectivity index (χ0n) is 19.0. The summed E-state index contributed by atoms with van der Waals surface area (Å²) in [5.41, 5.74) is 2.93. The molecule has 0 N–H and O–H groups in total. The number of aryl methyl sites for hydroxylation is 1. The number of benzene rings is 3. The molecule has 6 heteroatoms. The van der Waals surface area contributed by atoms with Gasteiger partial charge in [0.15, 0.2) is 11.5 Å². The highest BCUT2D eigenvalue weighted by atomic mass is 16.5. The Morgan fingerprint density at radius 3 is 2.19 bits per heavy atom. The van der Waals surface area contributed by atoms with Gasteiger partial charge in [-0.15, -0.1) is 0 Å². The van der Waals surface area contributed by atoms with E-state index in [9.17, 15) is 0 Å². The summed E-state index contributed by atoms with van der Waals surface area (Å²) in [4.78, 5) is 11.3. The monoisotopic (exact) mass is 429 g/mol. The van der Waals surface area contributed by atoms with Gasteiger partial charge in [-0.3, -0.25) is 0 Å². The average Bonchev–Trinajstić information content (AvgIpc) is 2.80. The Kier molecular flexibility index (Phi) is 6.12. The fourth-order valence-corrected chi connectivity index (χ4v) is 3.78. The van der Waals surface area contributed by atoms with Gasteiger partial charge in [-0.1, -0.05) is 18.2 Å². The Morgan fingerprint density at radius 2 is 1.53 bits per heavy atom. The molecule has 4 aromatic rings. The molecule has 0 unspecified atom stereocenters. The van der Waals surface area contributed by atoms with Crippen molar-refractivity contribution in [2.45, 2.75) is 26.8 Å². The van der Waals surface area contributed by atoms with Crippen LogP contribution >= 0.6 is 0 Å². The summed E-state index contributed by atoms with van der Waals surface area (Å²) in [5.74, 6) is 3.69. The second-order valence-electron chi connectivity index (χ2n) is 7.75. The highest BCUT2D eigenvalue weighted by Crippen LogP contribution is 2.39. The van der Waals surface area contributed by atoms with Crippen molar-refractivity contribution in [3.8, 4) is 23.0 Å². The zero-order valence-corrected chi connectivity index (χ0v) is 19.0. The van der Waals surface area contributed by atoms with Crippen molar-refractivity contribution in [3.63, 3.8) is 0 Å². The van der Waals surface area contributed by atoms with Gasteiger partial charge in [-0.2, -0.15) is 0 Å². The molecule has 6 nitrogen and oxygen atoms in total. The van der Waals surface area contributed by atoms with Crippen LogP contribution in [0.1, 0.15) is 19.4 Å². The zero-order chi connectivity index (χ0) is 22.7. The smallest absolute Gasteiger partial charge is 0.162 e. The molecule has 0 atom stereocenters. The first-order valence-corrected chi connectivity index (χ1v) is 10.5. The van der Waals surface area contributed by atoms with Crippen molar-refractivity contribution in [3.05, 3.63) is 72.6 Å². The molecule has 0 spiro atoms. The Labute approximate surface area is 188 Å². The van der Waals surface area contributed by atoms with E-state index in [0.717, 1.165) is 39.5 Å². The Morgan fingerprint density at radius 1 is 0.812 bits per heavy atom. The van der Waals surface area contributed by atoms with Crippen LogP contribution in [-0.4, -0.2) is 30.2 Å². The number of para-hydroxylation sites is 1. The number of nitrogens with zero attached hydrogens (tertiary/aromatic N) is 3. The molecule has 0 aliphatic rings. The van der Waals surface area contributed by atoms with Gasteiger partial charge in [0.25, 0.3) is 0 Å². The van der Waals surface area contributed by atoms with Crippen LogP contribution in [0.2, 0.25) is 0 Å². The number of anilines is 2. The first-order chi connectivity index (χ1) is 15.5. The number of hydrogen-bond donors (Lipinski definition) is 0. The lowest BCUT2D eigenvalue weighted by Crippen LogP contribution is -2.27. The van der Waals surface area contributed by atoms with E-state index in [0.29, 0.717) is 11.5 Å². The van der Waals surface area contributed by atoms with Crippen LogP contribution in [0.25, 0.3) is 10.9 Å². The van der Waals surface area contributed by atoms with Crippen LogP contribution in [0.4, 0.5) is 11.5 Å². The Hall–Kier alpha value is -3.80. The third kappa shape index (κ3) is 4.17. The number of ether oxygens (including phenoxy) is 3. The molecule has 3 aromatic carbocycles. The molecule has 0 radical (unpaired) electrons. The maximum Gasteiger partial charge on any atom is 0.162 e. The van der Waals surface area contributed by atoms with Gasteiger partial charge in [-0.25, -0.2) is 9.97 Å². The number of rotatable bonds is 7. The fourth-order valence-electron chi connectivity index (χ4n) is 3.78. The van der Waals surface area contributed by atoms with Gasteiger partial charge < -0.3 is 19.1 Å². The summed E-state index contributed by atoms with van der Waals surface area (Å²) in [5, 5.41) is 0.892. The lowest BCUT2D eigenvalue weighted by Gasteiger charge is -2.30. The van der Waals surface area contributed by atoms with E-state index in [-0.39, 0.29) is 6.04 Å². The van der Waals surface area contributed by atoms with Crippen molar-refractivity contribution in [1.82, 2.24) is 9.97 Å². The predicted molar refractivity (Wildman–Crippen MR) is 128 cm³/mol. The lowest BCUT2D eigenvalue weighted by atomic mass is 10.1. The summed E-state index contributed by atoms with van der Waals surface area (Å²) in [6, 6.07) is 19.8. The number of hydrogen-bond acceptors (Lipinski definition) is 6. The van der Waals surface area contributed by atoms with Gasteiger partial charge in [-0.05, 0) is 62.7 Å². The standard InChI is InChI=1S/C26H27N3O3/c1-17(2)29(23-12-11-20(13-18(23)3)32-19-9-7-6-8-10-19)26-21-14-24(30-4)25(31-5)15-22(21)27-16-28-26/h6-17H,1-5H3. The minimum Gasteiger partial charge on any atom is -0.493 e. The van der Waals surface area contributed by atoms with Crippen molar-refractivity contribution >= 4 is 22.4 Å². The molecule has 1 aromatic heterocycles. The summed E-state index contributed by atoms with van der Waals surface area (Å²) >= 11 is 0. The quantitative estimate of drug-likeness (QED) is 0.344. The van der Waals surface area contributed by atoms with Gasteiger partial charge in [0.05, 0.1) is 19.7 Å².